The molecule has 1 aliphatic heterocycles. The fourth-order valence-corrected chi connectivity index (χ4v) is 1.39. The maximum Gasteiger partial charge on any atom is 0.0554 e. The van der Waals surface area contributed by atoms with Gasteiger partial charge in [0.05, 0.1) is 13.2 Å². The molecule has 0 aromatic rings. The van der Waals surface area contributed by atoms with Gasteiger partial charge in [-0.05, 0) is 18.4 Å². The Kier molecular flexibility index (Phi) is 3.74. The Hall–Kier alpha value is -0.0800. The van der Waals surface area contributed by atoms with Gasteiger partial charge in [0.25, 0.3) is 0 Å². The molecule has 1 heterocycles. The van der Waals surface area contributed by atoms with Crippen molar-refractivity contribution in [1.29, 1.82) is 0 Å². The van der Waals surface area contributed by atoms with E-state index in [1.807, 2.05) is 0 Å². The molecular weight excluding hydrogens is 162 g/mol. The highest BCUT2D eigenvalue weighted by atomic mass is 16.5. The summed E-state index contributed by atoms with van der Waals surface area (Å²) in [7, 11) is 0. The van der Waals surface area contributed by atoms with E-state index >= 15 is 0 Å². The topological polar surface area (TPSA) is 21.3 Å². The van der Waals surface area contributed by atoms with Crippen LogP contribution in [0.25, 0.3) is 0 Å². The molecular formula is C11H23NO. The summed E-state index contributed by atoms with van der Waals surface area (Å²) in [6.07, 6.45) is 0. The van der Waals surface area contributed by atoms with Crippen LogP contribution in [0.5, 0.6) is 0 Å². The molecule has 1 atom stereocenters. The quantitative estimate of drug-likeness (QED) is 0.706. The average Bonchev–Trinajstić information content (AvgIpc) is 2.01. The van der Waals surface area contributed by atoms with Crippen molar-refractivity contribution in [3.8, 4) is 0 Å². The van der Waals surface area contributed by atoms with E-state index in [9.17, 15) is 0 Å². The van der Waals surface area contributed by atoms with Gasteiger partial charge < -0.3 is 10.1 Å². The molecule has 0 radical (unpaired) electrons. The smallest absolute Gasteiger partial charge is 0.0554 e. The Balaban J connectivity index is 2.06. The minimum atomic E-state index is 0.413. The SMILES string of the molecule is CC(C)C(C)CNCC1(C)COC1. The number of nitrogens with one attached hydrogen (secondary N) is 1. The van der Waals surface area contributed by atoms with Crippen molar-refractivity contribution in [3.63, 3.8) is 0 Å². The zero-order valence-corrected chi connectivity index (χ0v) is 9.39. The van der Waals surface area contributed by atoms with Crippen molar-refractivity contribution in [1.82, 2.24) is 5.32 Å². The molecule has 2 nitrogen and oxygen atoms in total. The van der Waals surface area contributed by atoms with Crippen molar-refractivity contribution in [3.05, 3.63) is 0 Å². The highest BCUT2D eigenvalue weighted by Gasteiger charge is 2.32. The van der Waals surface area contributed by atoms with E-state index in [2.05, 4.69) is 33.0 Å². The van der Waals surface area contributed by atoms with Crippen LogP contribution in [0.15, 0.2) is 0 Å². The molecule has 1 unspecified atom stereocenters. The summed E-state index contributed by atoms with van der Waals surface area (Å²) in [5.41, 5.74) is 0.413. The van der Waals surface area contributed by atoms with Crippen LogP contribution < -0.4 is 5.32 Å². The molecule has 0 bridgehead atoms. The van der Waals surface area contributed by atoms with Gasteiger partial charge in [-0.2, -0.15) is 0 Å². The first-order valence-electron chi connectivity index (χ1n) is 5.32. The standard InChI is InChI=1S/C11H23NO/c1-9(2)10(3)5-12-6-11(4)7-13-8-11/h9-10,12H,5-8H2,1-4H3. The summed E-state index contributed by atoms with van der Waals surface area (Å²) >= 11 is 0. The number of hydrogen-bond acceptors (Lipinski definition) is 2. The molecule has 0 spiro atoms. The molecule has 1 saturated heterocycles. The van der Waals surface area contributed by atoms with E-state index in [-0.39, 0.29) is 0 Å². The van der Waals surface area contributed by atoms with Crippen LogP contribution in [0.2, 0.25) is 0 Å². The van der Waals surface area contributed by atoms with Gasteiger partial charge in [0.2, 0.25) is 0 Å². The summed E-state index contributed by atoms with van der Waals surface area (Å²) < 4.78 is 5.20. The first-order chi connectivity index (χ1) is 6.03. The third kappa shape index (κ3) is 3.28. The van der Waals surface area contributed by atoms with Crippen LogP contribution in [0.1, 0.15) is 27.7 Å². The maximum absolute atomic E-state index is 5.20. The minimum absolute atomic E-state index is 0.413. The first kappa shape index (κ1) is 11.0. The van der Waals surface area contributed by atoms with Gasteiger partial charge in [-0.3, -0.25) is 0 Å². The zero-order valence-electron chi connectivity index (χ0n) is 9.39. The van der Waals surface area contributed by atoms with Gasteiger partial charge in [-0.15, -0.1) is 0 Å². The molecule has 1 fully saturated rings. The third-order valence-corrected chi connectivity index (χ3v) is 3.06. The van der Waals surface area contributed by atoms with Crippen LogP contribution in [0.4, 0.5) is 0 Å². The molecule has 78 valence electrons. The van der Waals surface area contributed by atoms with Crippen molar-refractivity contribution >= 4 is 0 Å². The molecule has 0 aromatic carbocycles. The lowest BCUT2D eigenvalue weighted by atomic mass is 9.88. The molecule has 2 heteroatoms. The second kappa shape index (κ2) is 4.43. The average molecular weight is 185 g/mol. The second-order valence-corrected chi connectivity index (χ2v) is 5.16. The summed E-state index contributed by atoms with van der Waals surface area (Å²) in [6, 6.07) is 0. The Labute approximate surface area is 82.0 Å². The molecule has 1 rings (SSSR count). The highest BCUT2D eigenvalue weighted by Crippen LogP contribution is 2.25. The van der Waals surface area contributed by atoms with Crippen LogP contribution >= 0.6 is 0 Å². The van der Waals surface area contributed by atoms with E-state index < -0.39 is 0 Å². The second-order valence-electron chi connectivity index (χ2n) is 5.16. The molecule has 1 N–H and O–H groups in total. The monoisotopic (exact) mass is 185 g/mol. The number of rotatable bonds is 5. The molecule has 0 amide bonds. The Morgan fingerprint density at radius 1 is 1.31 bits per heavy atom. The molecule has 1 aliphatic rings. The van der Waals surface area contributed by atoms with E-state index in [4.69, 9.17) is 4.74 Å². The van der Waals surface area contributed by atoms with Gasteiger partial charge in [-0.25, -0.2) is 0 Å². The summed E-state index contributed by atoms with van der Waals surface area (Å²) in [5, 5.41) is 3.53. The summed E-state index contributed by atoms with van der Waals surface area (Å²) in [4.78, 5) is 0. The Bertz CT molecular complexity index is 152. The largest absolute Gasteiger partial charge is 0.380 e. The predicted molar refractivity (Wildman–Crippen MR) is 55.8 cm³/mol. The van der Waals surface area contributed by atoms with Crippen LogP contribution in [0.3, 0.4) is 0 Å². The fourth-order valence-electron chi connectivity index (χ4n) is 1.39. The van der Waals surface area contributed by atoms with Crippen LogP contribution in [-0.2, 0) is 4.74 Å². The Morgan fingerprint density at radius 3 is 2.31 bits per heavy atom. The van der Waals surface area contributed by atoms with Crippen molar-refractivity contribution in [2.75, 3.05) is 26.3 Å². The van der Waals surface area contributed by atoms with Crippen LogP contribution in [0, 0.1) is 17.3 Å². The zero-order chi connectivity index (χ0) is 9.90. The number of hydrogen-bond donors (Lipinski definition) is 1. The fraction of sp³-hybridized carbons (Fsp3) is 1.00. The van der Waals surface area contributed by atoms with Crippen LogP contribution in [-0.4, -0.2) is 26.3 Å². The van der Waals surface area contributed by atoms with Crippen molar-refractivity contribution < 1.29 is 4.74 Å². The molecule has 0 aromatic heterocycles. The van der Waals surface area contributed by atoms with E-state index in [1.54, 1.807) is 0 Å². The molecule has 0 aliphatic carbocycles. The third-order valence-electron chi connectivity index (χ3n) is 3.06. The van der Waals surface area contributed by atoms with Gasteiger partial charge in [0, 0.05) is 12.0 Å². The van der Waals surface area contributed by atoms with Crippen molar-refractivity contribution in [2.24, 2.45) is 17.3 Å². The predicted octanol–water partition coefficient (Wildman–Crippen LogP) is 1.90. The minimum Gasteiger partial charge on any atom is -0.380 e. The maximum atomic E-state index is 5.20. The van der Waals surface area contributed by atoms with Gasteiger partial charge >= 0.3 is 0 Å². The number of ether oxygens (including phenoxy) is 1. The molecule has 0 saturated carbocycles. The Morgan fingerprint density at radius 2 is 1.92 bits per heavy atom. The molecule has 13 heavy (non-hydrogen) atoms. The van der Waals surface area contributed by atoms with E-state index in [1.165, 1.54) is 0 Å². The summed E-state index contributed by atoms with van der Waals surface area (Å²) in [5.74, 6) is 1.54. The van der Waals surface area contributed by atoms with E-state index in [0.29, 0.717) is 5.41 Å². The van der Waals surface area contributed by atoms with Gasteiger partial charge in [0.15, 0.2) is 0 Å². The van der Waals surface area contributed by atoms with E-state index in [0.717, 1.165) is 38.1 Å². The first-order valence-corrected chi connectivity index (χ1v) is 5.32. The lowest BCUT2D eigenvalue weighted by molar-refractivity contribution is -0.0992. The lowest BCUT2D eigenvalue weighted by Crippen LogP contribution is -2.48. The van der Waals surface area contributed by atoms with Crippen molar-refractivity contribution in [2.45, 2.75) is 27.7 Å². The lowest BCUT2D eigenvalue weighted by Gasteiger charge is -2.38. The van der Waals surface area contributed by atoms with Gasteiger partial charge in [0.1, 0.15) is 0 Å². The highest BCUT2D eigenvalue weighted by molar-refractivity contribution is 4.83. The summed E-state index contributed by atoms with van der Waals surface area (Å²) in [6.45, 7) is 13.2. The van der Waals surface area contributed by atoms with Gasteiger partial charge in [-0.1, -0.05) is 27.7 Å². The normalized spacial score (nSPS) is 22.8.